The van der Waals surface area contributed by atoms with Crippen LogP contribution in [-0.4, -0.2) is 29.0 Å². The van der Waals surface area contributed by atoms with Crippen molar-refractivity contribution in [2.75, 3.05) is 5.75 Å². The van der Waals surface area contributed by atoms with E-state index in [4.69, 9.17) is 4.74 Å². The predicted octanol–water partition coefficient (Wildman–Crippen LogP) is 0.275. The molecule has 1 amide bonds. The van der Waals surface area contributed by atoms with Crippen LogP contribution in [0.1, 0.15) is 6.99 Å². The molecule has 0 spiro atoms. The number of aliphatic carboxylic acids is 1. The predicted molar refractivity (Wildman–Crippen MR) is 89.5 cm³/mol. The zero-order valence-electron chi connectivity index (χ0n) is 14.3. The standard InChI is InChI=1S/C17H17NO4S.Na.H/c19-16(20)15(12-23-14-9-5-2-6-10-14)18-17(21)22-11-13-7-3-1-4-8-13;;/h1-10,15H,11-12H2,(H,18,21)(H,19,20);;/q;+1;-1/t15-;;/m0../s1. The van der Waals surface area contributed by atoms with Gasteiger partial charge in [0.1, 0.15) is 12.6 Å². The fraction of sp³-hybridized carbons (Fsp3) is 0.176. The Hall–Kier alpha value is -1.47. The molecule has 0 aromatic heterocycles. The number of hydrogen-bond acceptors (Lipinski definition) is 4. The van der Waals surface area contributed by atoms with Crippen molar-refractivity contribution in [3.05, 3.63) is 66.2 Å². The van der Waals surface area contributed by atoms with Crippen LogP contribution in [0.5, 0.6) is 0 Å². The van der Waals surface area contributed by atoms with Crippen LogP contribution in [0.4, 0.5) is 4.79 Å². The number of amides is 1. The molecule has 7 heteroatoms. The topological polar surface area (TPSA) is 75.6 Å². The van der Waals surface area contributed by atoms with Gasteiger partial charge >= 0.3 is 41.6 Å². The molecule has 0 aliphatic rings. The van der Waals surface area contributed by atoms with Crippen molar-refractivity contribution in [2.24, 2.45) is 0 Å². The first-order valence-corrected chi connectivity index (χ1v) is 8.01. The van der Waals surface area contributed by atoms with Gasteiger partial charge in [0.15, 0.2) is 0 Å². The van der Waals surface area contributed by atoms with Gasteiger partial charge in [-0.05, 0) is 17.7 Å². The van der Waals surface area contributed by atoms with Crippen LogP contribution in [0.3, 0.4) is 0 Å². The van der Waals surface area contributed by atoms with Gasteiger partial charge in [0, 0.05) is 10.6 Å². The SMILES string of the molecule is O=C(N[C@@H](CSc1ccccc1)C(=O)O)OCc1ccccc1.[H-].[Na+]. The fourth-order valence-electron chi connectivity index (χ4n) is 1.78. The van der Waals surface area contributed by atoms with Crippen LogP contribution < -0.4 is 34.9 Å². The number of benzene rings is 2. The van der Waals surface area contributed by atoms with Gasteiger partial charge in [0.2, 0.25) is 0 Å². The molecule has 122 valence electrons. The molecule has 2 N–H and O–H groups in total. The van der Waals surface area contributed by atoms with E-state index in [1.54, 1.807) is 0 Å². The molecule has 2 rings (SSSR count). The van der Waals surface area contributed by atoms with Crippen molar-refractivity contribution in [3.8, 4) is 0 Å². The molecule has 2 aromatic carbocycles. The normalized spacial score (nSPS) is 11.0. The Kier molecular flexibility index (Phi) is 9.56. The average Bonchev–Trinajstić information content (AvgIpc) is 2.58. The minimum atomic E-state index is -1.09. The molecular weight excluding hydrogens is 337 g/mol. The van der Waals surface area contributed by atoms with Crippen molar-refractivity contribution < 1.29 is 50.4 Å². The third-order valence-electron chi connectivity index (χ3n) is 2.96. The monoisotopic (exact) mass is 355 g/mol. The van der Waals surface area contributed by atoms with Crippen molar-refractivity contribution >= 4 is 23.8 Å². The van der Waals surface area contributed by atoms with Gasteiger partial charge < -0.3 is 16.6 Å². The number of carbonyl (C=O) groups is 2. The smallest absolute Gasteiger partial charge is 1.00 e. The number of hydrogen-bond donors (Lipinski definition) is 2. The second-order valence-electron chi connectivity index (χ2n) is 4.72. The molecule has 0 heterocycles. The Morgan fingerprint density at radius 1 is 1.08 bits per heavy atom. The summed E-state index contributed by atoms with van der Waals surface area (Å²) in [6.07, 6.45) is -0.741. The summed E-state index contributed by atoms with van der Waals surface area (Å²) >= 11 is 1.36. The number of ether oxygens (including phenoxy) is 1. The molecular formula is C17H18NNaO4S. The molecule has 2 aromatic rings. The Balaban J connectivity index is 0.00000288. The zero-order chi connectivity index (χ0) is 16.5. The van der Waals surface area contributed by atoms with Gasteiger partial charge in [0.05, 0.1) is 0 Å². The summed E-state index contributed by atoms with van der Waals surface area (Å²) in [5.74, 6) is -0.870. The van der Waals surface area contributed by atoms with Crippen LogP contribution in [0.15, 0.2) is 65.6 Å². The third-order valence-corrected chi connectivity index (χ3v) is 4.07. The average molecular weight is 355 g/mol. The van der Waals surface area contributed by atoms with Crippen LogP contribution >= 0.6 is 11.8 Å². The van der Waals surface area contributed by atoms with E-state index in [9.17, 15) is 14.7 Å². The van der Waals surface area contributed by atoms with Gasteiger partial charge in [-0.2, -0.15) is 0 Å². The zero-order valence-corrected chi connectivity index (χ0v) is 16.2. The van der Waals surface area contributed by atoms with E-state index in [0.717, 1.165) is 10.5 Å². The van der Waals surface area contributed by atoms with E-state index < -0.39 is 18.1 Å². The summed E-state index contributed by atoms with van der Waals surface area (Å²) in [5, 5.41) is 11.6. The first-order chi connectivity index (χ1) is 11.1. The first kappa shape index (κ1) is 20.6. The van der Waals surface area contributed by atoms with E-state index in [2.05, 4.69) is 5.32 Å². The summed E-state index contributed by atoms with van der Waals surface area (Å²) in [4.78, 5) is 23.9. The largest absolute Gasteiger partial charge is 1.00 e. The van der Waals surface area contributed by atoms with Crippen LogP contribution in [0, 0.1) is 0 Å². The Morgan fingerprint density at radius 3 is 2.25 bits per heavy atom. The second-order valence-corrected chi connectivity index (χ2v) is 5.81. The maximum absolute atomic E-state index is 11.7. The summed E-state index contributed by atoms with van der Waals surface area (Å²) in [6.45, 7) is 0.102. The molecule has 24 heavy (non-hydrogen) atoms. The van der Waals surface area contributed by atoms with Gasteiger partial charge in [-0.1, -0.05) is 48.5 Å². The van der Waals surface area contributed by atoms with Crippen LogP contribution in [-0.2, 0) is 16.1 Å². The fourth-order valence-corrected chi connectivity index (χ4v) is 2.71. The van der Waals surface area contributed by atoms with Gasteiger partial charge in [-0.15, -0.1) is 11.8 Å². The number of thioether (sulfide) groups is 1. The number of nitrogens with one attached hydrogen (secondary N) is 1. The van der Waals surface area contributed by atoms with Crippen LogP contribution in [0.2, 0.25) is 0 Å². The van der Waals surface area contributed by atoms with Crippen molar-refractivity contribution in [3.63, 3.8) is 0 Å². The third kappa shape index (κ3) is 7.40. The number of carbonyl (C=O) groups excluding carboxylic acids is 1. The van der Waals surface area contributed by atoms with E-state index in [0.29, 0.717) is 0 Å². The molecule has 0 saturated heterocycles. The van der Waals surface area contributed by atoms with Crippen molar-refractivity contribution in [1.29, 1.82) is 0 Å². The molecule has 0 aliphatic heterocycles. The summed E-state index contributed by atoms with van der Waals surface area (Å²) in [5.41, 5.74) is 0.841. The Morgan fingerprint density at radius 2 is 1.67 bits per heavy atom. The van der Waals surface area contributed by atoms with E-state index in [1.165, 1.54) is 11.8 Å². The molecule has 5 nitrogen and oxygen atoms in total. The van der Waals surface area contributed by atoms with Gasteiger partial charge in [-0.3, -0.25) is 0 Å². The molecule has 0 unspecified atom stereocenters. The maximum Gasteiger partial charge on any atom is 1.00 e. The molecule has 0 saturated carbocycles. The number of rotatable bonds is 7. The van der Waals surface area contributed by atoms with E-state index >= 15 is 0 Å². The Bertz CT molecular complexity index is 646. The number of carboxylic acid groups (broad SMARTS) is 1. The van der Waals surface area contributed by atoms with Crippen molar-refractivity contribution in [2.45, 2.75) is 17.5 Å². The molecule has 0 bridgehead atoms. The maximum atomic E-state index is 11.7. The summed E-state index contributed by atoms with van der Waals surface area (Å²) in [6, 6.07) is 17.6. The van der Waals surface area contributed by atoms with Crippen molar-refractivity contribution in [1.82, 2.24) is 5.32 Å². The summed E-state index contributed by atoms with van der Waals surface area (Å²) in [7, 11) is 0. The quantitative estimate of drug-likeness (QED) is 0.551. The second kappa shape index (κ2) is 11.1. The van der Waals surface area contributed by atoms with E-state index in [-0.39, 0.29) is 43.3 Å². The molecule has 0 radical (unpaired) electrons. The molecule has 1 atom stereocenters. The van der Waals surface area contributed by atoms with E-state index in [1.807, 2.05) is 60.7 Å². The number of carboxylic acids is 1. The summed E-state index contributed by atoms with van der Waals surface area (Å²) < 4.78 is 5.04. The number of alkyl carbamates (subject to hydrolysis) is 1. The Labute approximate surface area is 168 Å². The first-order valence-electron chi connectivity index (χ1n) is 7.03. The molecule has 0 aliphatic carbocycles. The van der Waals surface area contributed by atoms with Gasteiger partial charge in [0.25, 0.3) is 0 Å². The molecule has 0 fully saturated rings. The minimum Gasteiger partial charge on any atom is -1.00 e. The van der Waals surface area contributed by atoms with Crippen LogP contribution in [0.25, 0.3) is 0 Å². The minimum absolute atomic E-state index is 0. The van der Waals surface area contributed by atoms with Gasteiger partial charge in [-0.25, -0.2) is 9.59 Å².